The second-order valence-electron chi connectivity index (χ2n) is 8.07. The summed E-state index contributed by atoms with van der Waals surface area (Å²) in [7, 11) is 0. The molecule has 35 heavy (non-hydrogen) atoms. The van der Waals surface area contributed by atoms with Crippen molar-refractivity contribution in [2.45, 2.75) is 6.92 Å². The van der Waals surface area contributed by atoms with Crippen molar-refractivity contribution < 1.29 is 14.0 Å². The summed E-state index contributed by atoms with van der Waals surface area (Å²) >= 11 is 3.44. The molecule has 3 aromatic carbocycles. The summed E-state index contributed by atoms with van der Waals surface area (Å²) in [4.78, 5) is 26.6. The van der Waals surface area contributed by atoms with E-state index in [2.05, 4.69) is 21.2 Å². The first-order valence-corrected chi connectivity index (χ1v) is 11.8. The zero-order valence-electron chi connectivity index (χ0n) is 18.9. The standard InChI is InChI=1S/C29H21BrN2O3/c1-19(33)31-24-11-13-25(14-12-24)32-27(20-5-3-2-4-6-20)18-22(29(32)34)17-26-15-16-28(35-26)21-7-9-23(30)10-8-21/h2-18H,1H3,(H,31,33)/b22-17+. The maximum absolute atomic E-state index is 13.6. The van der Waals surface area contributed by atoms with Gasteiger partial charge in [-0.05, 0) is 66.2 Å². The third-order valence-electron chi connectivity index (χ3n) is 5.55. The number of nitrogens with zero attached hydrogens (tertiary/aromatic N) is 1. The Bertz CT molecular complexity index is 1450. The van der Waals surface area contributed by atoms with Crippen LogP contribution in [0.1, 0.15) is 18.2 Å². The van der Waals surface area contributed by atoms with E-state index in [1.165, 1.54) is 6.92 Å². The highest BCUT2D eigenvalue weighted by molar-refractivity contribution is 9.10. The van der Waals surface area contributed by atoms with Crippen LogP contribution in [0.5, 0.6) is 0 Å². The van der Waals surface area contributed by atoms with Gasteiger partial charge in [0.1, 0.15) is 11.5 Å². The number of rotatable bonds is 5. The van der Waals surface area contributed by atoms with Gasteiger partial charge >= 0.3 is 0 Å². The van der Waals surface area contributed by atoms with Gasteiger partial charge in [-0.15, -0.1) is 0 Å². The van der Waals surface area contributed by atoms with Crippen molar-refractivity contribution in [3.8, 4) is 11.3 Å². The van der Waals surface area contributed by atoms with Crippen LogP contribution in [0.25, 0.3) is 23.1 Å². The average molecular weight is 525 g/mol. The molecule has 6 heteroatoms. The summed E-state index contributed by atoms with van der Waals surface area (Å²) in [6.07, 6.45) is 3.64. The van der Waals surface area contributed by atoms with E-state index < -0.39 is 0 Å². The summed E-state index contributed by atoms with van der Waals surface area (Å²) in [5, 5.41) is 2.75. The molecule has 2 amide bonds. The van der Waals surface area contributed by atoms with Crippen molar-refractivity contribution >= 4 is 50.9 Å². The van der Waals surface area contributed by atoms with Gasteiger partial charge in [-0.25, -0.2) is 0 Å². The molecular formula is C29H21BrN2O3. The van der Waals surface area contributed by atoms with Gasteiger partial charge in [-0.3, -0.25) is 14.5 Å². The fourth-order valence-corrected chi connectivity index (χ4v) is 4.21. The van der Waals surface area contributed by atoms with Gasteiger partial charge in [0.05, 0.1) is 5.70 Å². The van der Waals surface area contributed by atoms with E-state index in [0.29, 0.717) is 22.7 Å². The number of halogens is 1. The van der Waals surface area contributed by atoms with Crippen molar-refractivity contribution in [1.82, 2.24) is 0 Å². The minimum Gasteiger partial charge on any atom is -0.457 e. The molecule has 1 aromatic heterocycles. The van der Waals surface area contributed by atoms with Crippen LogP contribution in [0.4, 0.5) is 11.4 Å². The van der Waals surface area contributed by atoms with Crippen molar-refractivity contribution in [3.05, 3.63) is 118 Å². The lowest BCUT2D eigenvalue weighted by molar-refractivity contribution is -0.114. The second-order valence-corrected chi connectivity index (χ2v) is 8.99. The van der Waals surface area contributed by atoms with Gasteiger partial charge in [0.25, 0.3) is 5.91 Å². The predicted octanol–water partition coefficient (Wildman–Crippen LogP) is 7.14. The van der Waals surface area contributed by atoms with Crippen LogP contribution in [0.3, 0.4) is 0 Å². The molecule has 172 valence electrons. The fraction of sp³-hybridized carbons (Fsp3) is 0.0345. The number of carbonyl (C=O) groups excluding carboxylic acids is 2. The topological polar surface area (TPSA) is 62.6 Å². The van der Waals surface area contributed by atoms with Gasteiger partial charge in [0.2, 0.25) is 5.91 Å². The molecule has 0 aliphatic carbocycles. The molecule has 0 radical (unpaired) electrons. The van der Waals surface area contributed by atoms with E-state index in [-0.39, 0.29) is 11.8 Å². The van der Waals surface area contributed by atoms with Gasteiger partial charge in [-0.2, -0.15) is 0 Å². The van der Waals surface area contributed by atoms with E-state index >= 15 is 0 Å². The van der Waals surface area contributed by atoms with Crippen LogP contribution in [0, 0.1) is 0 Å². The van der Waals surface area contributed by atoms with Crippen molar-refractivity contribution in [1.29, 1.82) is 0 Å². The van der Waals surface area contributed by atoms with E-state index in [0.717, 1.165) is 27.1 Å². The third-order valence-corrected chi connectivity index (χ3v) is 6.08. The summed E-state index contributed by atoms with van der Waals surface area (Å²) in [5.41, 5.74) is 4.55. The van der Waals surface area contributed by atoms with Crippen LogP contribution in [-0.4, -0.2) is 11.8 Å². The molecular weight excluding hydrogens is 504 g/mol. The third kappa shape index (κ3) is 4.88. The monoisotopic (exact) mass is 524 g/mol. The Morgan fingerprint density at radius 1 is 0.886 bits per heavy atom. The van der Waals surface area contributed by atoms with Crippen LogP contribution in [0.15, 0.2) is 112 Å². The molecule has 2 heterocycles. The van der Waals surface area contributed by atoms with Gasteiger partial charge < -0.3 is 9.73 Å². The molecule has 0 unspecified atom stereocenters. The first kappa shape index (κ1) is 22.6. The Morgan fingerprint density at radius 3 is 2.29 bits per heavy atom. The van der Waals surface area contributed by atoms with E-state index in [1.807, 2.05) is 84.9 Å². The van der Waals surface area contributed by atoms with Crippen molar-refractivity contribution in [3.63, 3.8) is 0 Å². The van der Waals surface area contributed by atoms with Crippen LogP contribution in [0.2, 0.25) is 0 Å². The summed E-state index contributed by atoms with van der Waals surface area (Å²) in [5.74, 6) is 1.02. The highest BCUT2D eigenvalue weighted by Crippen LogP contribution is 2.36. The Kier molecular flexibility index (Phi) is 6.21. The maximum Gasteiger partial charge on any atom is 0.263 e. The zero-order chi connectivity index (χ0) is 24.4. The van der Waals surface area contributed by atoms with E-state index in [9.17, 15) is 9.59 Å². The normalized spacial score (nSPS) is 14.3. The molecule has 0 fully saturated rings. The molecule has 4 aromatic rings. The van der Waals surface area contributed by atoms with Crippen LogP contribution >= 0.6 is 15.9 Å². The van der Waals surface area contributed by atoms with E-state index in [4.69, 9.17) is 4.42 Å². The lowest BCUT2D eigenvalue weighted by Gasteiger charge is -2.21. The molecule has 5 rings (SSSR count). The number of hydrogen-bond donors (Lipinski definition) is 1. The Morgan fingerprint density at radius 2 is 1.60 bits per heavy atom. The van der Waals surface area contributed by atoms with E-state index in [1.54, 1.807) is 23.1 Å². The fourth-order valence-electron chi connectivity index (χ4n) is 3.94. The Balaban J connectivity index is 1.50. The highest BCUT2D eigenvalue weighted by atomic mass is 79.9. The van der Waals surface area contributed by atoms with Crippen LogP contribution in [-0.2, 0) is 9.59 Å². The molecule has 0 spiro atoms. The number of amides is 2. The SMILES string of the molecule is CC(=O)Nc1ccc(N2C(=O)/C(=C/c3ccc(-c4ccc(Br)cc4)o3)C=C2c2ccccc2)cc1. The first-order chi connectivity index (χ1) is 17.0. The lowest BCUT2D eigenvalue weighted by atomic mass is 10.1. The summed E-state index contributed by atoms with van der Waals surface area (Å²) in [6.45, 7) is 1.46. The number of anilines is 2. The van der Waals surface area contributed by atoms with Gasteiger partial charge in [0, 0.05) is 33.9 Å². The predicted molar refractivity (Wildman–Crippen MR) is 142 cm³/mol. The average Bonchev–Trinajstić information content (AvgIpc) is 3.45. The molecule has 1 N–H and O–H groups in total. The molecule has 0 saturated heterocycles. The molecule has 0 bridgehead atoms. The number of benzene rings is 3. The Labute approximate surface area is 211 Å². The van der Waals surface area contributed by atoms with Crippen LogP contribution < -0.4 is 10.2 Å². The second kappa shape index (κ2) is 9.60. The number of furan rings is 1. The minimum atomic E-state index is -0.155. The summed E-state index contributed by atoms with van der Waals surface area (Å²) < 4.78 is 7.02. The smallest absolute Gasteiger partial charge is 0.263 e. The zero-order valence-corrected chi connectivity index (χ0v) is 20.5. The molecule has 0 saturated carbocycles. The number of carbonyl (C=O) groups is 2. The molecule has 1 aliphatic heterocycles. The number of hydrogen-bond acceptors (Lipinski definition) is 3. The molecule has 0 atom stereocenters. The highest BCUT2D eigenvalue weighted by Gasteiger charge is 2.30. The van der Waals surface area contributed by atoms with Crippen molar-refractivity contribution in [2.24, 2.45) is 0 Å². The van der Waals surface area contributed by atoms with Crippen molar-refractivity contribution in [2.75, 3.05) is 10.2 Å². The van der Waals surface area contributed by atoms with Gasteiger partial charge in [0.15, 0.2) is 0 Å². The number of nitrogens with one attached hydrogen (secondary N) is 1. The lowest BCUT2D eigenvalue weighted by Crippen LogP contribution is -2.24. The first-order valence-electron chi connectivity index (χ1n) is 11.0. The molecule has 5 nitrogen and oxygen atoms in total. The molecule has 1 aliphatic rings. The maximum atomic E-state index is 13.6. The minimum absolute atomic E-state index is 0.147. The quantitative estimate of drug-likeness (QED) is 0.282. The Hall–Kier alpha value is -4.16. The van der Waals surface area contributed by atoms with Gasteiger partial charge in [-0.1, -0.05) is 58.4 Å². The summed E-state index contributed by atoms with van der Waals surface area (Å²) in [6, 6.07) is 28.6. The largest absolute Gasteiger partial charge is 0.457 e.